The quantitative estimate of drug-likeness (QED) is 0.902. The van der Waals surface area contributed by atoms with Gasteiger partial charge in [-0.05, 0) is 39.2 Å². The Labute approximate surface area is 116 Å². The first kappa shape index (κ1) is 14.3. The molecule has 106 valence electrons. The summed E-state index contributed by atoms with van der Waals surface area (Å²) in [4.78, 5) is 7.10. The Morgan fingerprint density at radius 3 is 2.89 bits per heavy atom. The number of aryl methyl sites for hydroxylation is 1. The van der Waals surface area contributed by atoms with Crippen LogP contribution in [0, 0.1) is 12.8 Å². The van der Waals surface area contributed by atoms with Crippen LogP contribution in [-0.4, -0.2) is 36.1 Å². The normalized spacial score (nSPS) is 24.4. The van der Waals surface area contributed by atoms with Gasteiger partial charge in [-0.2, -0.15) is 0 Å². The fourth-order valence-electron chi connectivity index (χ4n) is 2.78. The van der Waals surface area contributed by atoms with Crippen LogP contribution in [0.2, 0.25) is 0 Å². The lowest BCUT2D eigenvalue weighted by Gasteiger charge is -2.37. The lowest BCUT2D eigenvalue weighted by molar-refractivity contribution is 0.112. The first-order valence-electron chi connectivity index (χ1n) is 7.08. The average Bonchev–Trinajstić information content (AvgIpc) is 2.40. The molecule has 2 rings (SSSR count). The number of nitrogens with zero attached hydrogens (tertiary/aromatic N) is 2. The van der Waals surface area contributed by atoms with Gasteiger partial charge in [0.2, 0.25) is 0 Å². The molecular formula is C15H25N3O. The van der Waals surface area contributed by atoms with Crippen LogP contribution in [-0.2, 0) is 6.54 Å². The van der Waals surface area contributed by atoms with Crippen LogP contribution < -0.4 is 10.5 Å². The molecule has 0 spiro atoms. The van der Waals surface area contributed by atoms with Gasteiger partial charge in [-0.15, -0.1) is 0 Å². The second kappa shape index (κ2) is 6.35. The molecule has 1 saturated heterocycles. The van der Waals surface area contributed by atoms with Crippen molar-refractivity contribution >= 4 is 0 Å². The first-order valence-corrected chi connectivity index (χ1v) is 7.08. The minimum Gasteiger partial charge on any atom is -0.497 e. The molecule has 0 aromatic carbocycles. The summed E-state index contributed by atoms with van der Waals surface area (Å²) in [5, 5.41) is 0. The highest BCUT2D eigenvalue weighted by atomic mass is 16.5. The topological polar surface area (TPSA) is 51.4 Å². The minimum absolute atomic E-state index is 0.608. The van der Waals surface area contributed by atoms with Crippen molar-refractivity contribution in [2.24, 2.45) is 11.7 Å². The van der Waals surface area contributed by atoms with E-state index in [1.165, 1.54) is 12.8 Å². The molecular weight excluding hydrogens is 238 g/mol. The molecule has 2 heterocycles. The van der Waals surface area contributed by atoms with E-state index in [9.17, 15) is 0 Å². The van der Waals surface area contributed by atoms with Crippen LogP contribution in [0.3, 0.4) is 0 Å². The molecule has 1 aliphatic rings. The van der Waals surface area contributed by atoms with Gasteiger partial charge in [-0.3, -0.25) is 9.88 Å². The third-order valence-corrected chi connectivity index (χ3v) is 4.02. The summed E-state index contributed by atoms with van der Waals surface area (Å²) in [6.07, 6.45) is 2.48. The van der Waals surface area contributed by atoms with E-state index in [4.69, 9.17) is 10.5 Å². The Kier molecular flexibility index (Phi) is 4.77. The van der Waals surface area contributed by atoms with E-state index in [2.05, 4.69) is 16.8 Å². The maximum atomic E-state index is 5.81. The number of likely N-dealkylation sites (tertiary alicyclic amines) is 1. The Hall–Kier alpha value is -1.13. The summed E-state index contributed by atoms with van der Waals surface area (Å²) in [7, 11) is 1.70. The van der Waals surface area contributed by atoms with Gasteiger partial charge in [0, 0.05) is 37.0 Å². The predicted molar refractivity (Wildman–Crippen MR) is 77.2 cm³/mol. The Morgan fingerprint density at radius 2 is 2.21 bits per heavy atom. The average molecular weight is 263 g/mol. The molecule has 0 bridgehead atoms. The van der Waals surface area contributed by atoms with Gasteiger partial charge in [0.15, 0.2) is 0 Å². The van der Waals surface area contributed by atoms with Gasteiger partial charge in [-0.25, -0.2) is 0 Å². The largest absolute Gasteiger partial charge is 0.497 e. The third-order valence-electron chi connectivity index (χ3n) is 4.02. The fraction of sp³-hybridized carbons (Fsp3) is 0.667. The molecule has 2 atom stereocenters. The predicted octanol–water partition coefficient (Wildman–Crippen LogP) is 1.96. The zero-order valence-corrected chi connectivity index (χ0v) is 12.2. The van der Waals surface area contributed by atoms with Gasteiger partial charge in [0.1, 0.15) is 5.75 Å². The highest BCUT2D eigenvalue weighted by molar-refractivity contribution is 5.26. The van der Waals surface area contributed by atoms with Crippen LogP contribution in [0.15, 0.2) is 12.1 Å². The molecule has 19 heavy (non-hydrogen) atoms. The number of ether oxygens (including phenoxy) is 1. The van der Waals surface area contributed by atoms with E-state index in [-0.39, 0.29) is 0 Å². The third kappa shape index (κ3) is 3.67. The maximum absolute atomic E-state index is 5.81. The van der Waals surface area contributed by atoms with Crippen molar-refractivity contribution in [3.05, 3.63) is 23.5 Å². The summed E-state index contributed by atoms with van der Waals surface area (Å²) < 4.78 is 5.32. The number of methoxy groups -OCH3 is 1. The summed E-state index contributed by atoms with van der Waals surface area (Å²) in [6.45, 7) is 7.05. The zero-order chi connectivity index (χ0) is 13.8. The number of aromatic nitrogens is 1. The van der Waals surface area contributed by atoms with Crippen LogP contribution in [0.1, 0.15) is 31.2 Å². The number of nitrogens with two attached hydrogens (primary N) is 1. The number of hydrogen-bond donors (Lipinski definition) is 1. The zero-order valence-electron chi connectivity index (χ0n) is 12.2. The Balaban J connectivity index is 2.08. The molecule has 1 aromatic rings. The standard InChI is InChI=1S/C15H25N3O/c1-11-6-15(19-3)7-14(17-11)10-18-9-13(8-16)5-4-12(18)2/h6-7,12-13H,4-5,8-10,16H2,1-3H3. The van der Waals surface area contributed by atoms with Gasteiger partial charge in [0.25, 0.3) is 0 Å². The molecule has 0 aliphatic carbocycles. The van der Waals surface area contributed by atoms with Crippen LogP contribution in [0.5, 0.6) is 5.75 Å². The number of pyridine rings is 1. The van der Waals surface area contributed by atoms with Crippen molar-refractivity contribution < 1.29 is 4.74 Å². The van der Waals surface area contributed by atoms with E-state index in [1.807, 2.05) is 19.1 Å². The molecule has 1 aliphatic heterocycles. The number of hydrogen-bond acceptors (Lipinski definition) is 4. The van der Waals surface area contributed by atoms with E-state index in [1.54, 1.807) is 7.11 Å². The SMILES string of the molecule is COc1cc(C)nc(CN2CC(CN)CCC2C)c1. The lowest BCUT2D eigenvalue weighted by Crippen LogP contribution is -2.43. The van der Waals surface area contributed by atoms with Crippen molar-refractivity contribution in [3.63, 3.8) is 0 Å². The molecule has 0 amide bonds. The highest BCUT2D eigenvalue weighted by Gasteiger charge is 2.24. The van der Waals surface area contributed by atoms with Gasteiger partial charge in [0.05, 0.1) is 12.8 Å². The van der Waals surface area contributed by atoms with Crippen molar-refractivity contribution in [1.82, 2.24) is 9.88 Å². The summed E-state index contributed by atoms with van der Waals surface area (Å²) in [5.41, 5.74) is 7.91. The van der Waals surface area contributed by atoms with E-state index >= 15 is 0 Å². The van der Waals surface area contributed by atoms with Crippen LogP contribution in [0.4, 0.5) is 0 Å². The van der Waals surface area contributed by atoms with E-state index in [0.29, 0.717) is 12.0 Å². The van der Waals surface area contributed by atoms with Gasteiger partial charge >= 0.3 is 0 Å². The number of rotatable bonds is 4. The molecule has 0 saturated carbocycles. The summed E-state index contributed by atoms with van der Waals surface area (Å²) >= 11 is 0. The second-order valence-corrected chi connectivity index (χ2v) is 5.60. The fourth-order valence-corrected chi connectivity index (χ4v) is 2.78. The molecule has 4 nitrogen and oxygen atoms in total. The molecule has 1 fully saturated rings. The van der Waals surface area contributed by atoms with Gasteiger partial charge in [-0.1, -0.05) is 0 Å². The van der Waals surface area contributed by atoms with Gasteiger partial charge < -0.3 is 10.5 Å². The first-order chi connectivity index (χ1) is 9.12. The van der Waals surface area contributed by atoms with Crippen LogP contribution in [0.25, 0.3) is 0 Å². The smallest absolute Gasteiger partial charge is 0.122 e. The molecule has 4 heteroatoms. The van der Waals surface area contributed by atoms with Crippen molar-refractivity contribution in [2.45, 2.75) is 39.3 Å². The van der Waals surface area contributed by atoms with E-state index in [0.717, 1.165) is 36.8 Å². The number of piperidine rings is 1. The van der Waals surface area contributed by atoms with Crippen molar-refractivity contribution in [1.29, 1.82) is 0 Å². The summed E-state index contributed by atoms with van der Waals surface area (Å²) in [5.74, 6) is 1.52. The minimum atomic E-state index is 0.608. The van der Waals surface area contributed by atoms with Crippen molar-refractivity contribution in [2.75, 3.05) is 20.2 Å². The van der Waals surface area contributed by atoms with Crippen molar-refractivity contribution in [3.8, 4) is 5.75 Å². The monoisotopic (exact) mass is 263 g/mol. The van der Waals surface area contributed by atoms with Crippen LogP contribution >= 0.6 is 0 Å². The molecule has 0 radical (unpaired) electrons. The lowest BCUT2D eigenvalue weighted by atomic mass is 9.93. The highest BCUT2D eigenvalue weighted by Crippen LogP contribution is 2.23. The molecule has 1 aromatic heterocycles. The Bertz CT molecular complexity index is 422. The molecule has 2 N–H and O–H groups in total. The van der Waals surface area contributed by atoms with E-state index < -0.39 is 0 Å². The second-order valence-electron chi connectivity index (χ2n) is 5.60. The summed E-state index contributed by atoms with van der Waals surface area (Å²) in [6, 6.07) is 4.61. The Morgan fingerprint density at radius 1 is 1.42 bits per heavy atom. The maximum Gasteiger partial charge on any atom is 0.122 e. The molecule has 2 unspecified atom stereocenters.